The zero-order valence-corrected chi connectivity index (χ0v) is 12.9. The number of rotatable bonds is 5. The summed E-state index contributed by atoms with van der Waals surface area (Å²) in [6, 6.07) is 0.593. The Balaban J connectivity index is 1.56. The van der Waals surface area contributed by atoms with E-state index in [1.807, 2.05) is 0 Å². The molecule has 4 heteroatoms. The lowest BCUT2D eigenvalue weighted by Gasteiger charge is -2.37. The fourth-order valence-corrected chi connectivity index (χ4v) is 3.49. The average Bonchev–Trinajstić information content (AvgIpc) is 3.15. The fraction of sp³-hybridized carbons (Fsp3) is 0.875. The Morgan fingerprint density at radius 3 is 2.70 bits per heavy atom. The molecule has 0 bridgehead atoms. The number of nitrogens with one attached hydrogen (secondary N) is 1. The molecule has 2 aliphatic carbocycles. The standard InChI is InChI=1S/C16H27N3O/c1-10(2)13-7-4-11(3)8-14(13)17-9-15-18-19-16(20-15)12-5-6-12/h10-14,17H,4-9H2,1-3H3/t11-,13-,14+/m1/s1. The molecule has 2 saturated carbocycles. The van der Waals surface area contributed by atoms with Gasteiger partial charge >= 0.3 is 0 Å². The highest BCUT2D eigenvalue weighted by molar-refractivity contribution is 5.00. The molecule has 1 heterocycles. The SMILES string of the molecule is CC(C)[C@H]1CC[C@@H](C)C[C@@H]1NCc1nnc(C2CC2)o1. The maximum atomic E-state index is 5.74. The predicted molar refractivity (Wildman–Crippen MR) is 78.2 cm³/mol. The molecule has 1 aromatic heterocycles. The van der Waals surface area contributed by atoms with Crippen molar-refractivity contribution in [2.24, 2.45) is 17.8 Å². The van der Waals surface area contributed by atoms with Crippen molar-refractivity contribution in [3.8, 4) is 0 Å². The van der Waals surface area contributed by atoms with Crippen molar-refractivity contribution in [1.82, 2.24) is 15.5 Å². The van der Waals surface area contributed by atoms with Gasteiger partial charge < -0.3 is 9.73 Å². The molecular formula is C16H27N3O. The zero-order valence-electron chi connectivity index (χ0n) is 12.9. The second-order valence-electron chi connectivity index (χ2n) is 7.12. The summed E-state index contributed by atoms with van der Waals surface area (Å²) in [6.07, 6.45) is 6.41. The normalized spacial score (nSPS) is 30.9. The molecule has 20 heavy (non-hydrogen) atoms. The van der Waals surface area contributed by atoms with Crippen molar-refractivity contribution < 1.29 is 4.42 Å². The highest BCUT2D eigenvalue weighted by Gasteiger charge is 2.31. The van der Waals surface area contributed by atoms with Crippen LogP contribution in [-0.2, 0) is 6.54 Å². The van der Waals surface area contributed by atoms with Gasteiger partial charge in [0.2, 0.25) is 11.8 Å². The first-order chi connectivity index (χ1) is 9.63. The van der Waals surface area contributed by atoms with Crippen LogP contribution >= 0.6 is 0 Å². The Bertz CT molecular complexity index is 439. The van der Waals surface area contributed by atoms with Crippen molar-refractivity contribution in [2.75, 3.05) is 0 Å². The lowest BCUT2D eigenvalue weighted by molar-refractivity contribution is 0.166. The van der Waals surface area contributed by atoms with Gasteiger partial charge in [0.25, 0.3) is 0 Å². The van der Waals surface area contributed by atoms with Crippen LogP contribution in [-0.4, -0.2) is 16.2 Å². The number of hydrogen-bond acceptors (Lipinski definition) is 4. The second-order valence-corrected chi connectivity index (χ2v) is 7.12. The van der Waals surface area contributed by atoms with Gasteiger partial charge in [-0.2, -0.15) is 0 Å². The number of aromatic nitrogens is 2. The Kier molecular flexibility index (Phi) is 4.11. The minimum atomic E-state index is 0.550. The van der Waals surface area contributed by atoms with E-state index in [0.717, 1.165) is 36.1 Å². The molecule has 1 aromatic rings. The summed E-state index contributed by atoms with van der Waals surface area (Å²) < 4.78 is 5.74. The molecular weight excluding hydrogens is 250 g/mol. The summed E-state index contributed by atoms with van der Waals surface area (Å²) >= 11 is 0. The first kappa shape index (κ1) is 14.1. The molecule has 0 saturated heterocycles. The van der Waals surface area contributed by atoms with Crippen molar-refractivity contribution in [3.05, 3.63) is 11.8 Å². The van der Waals surface area contributed by atoms with E-state index < -0.39 is 0 Å². The third kappa shape index (κ3) is 3.22. The predicted octanol–water partition coefficient (Wildman–Crippen LogP) is 3.50. The van der Waals surface area contributed by atoms with Crippen molar-refractivity contribution in [3.63, 3.8) is 0 Å². The molecule has 0 amide bonds. The second kappa shape index (κ2) is 5.84. The highest BCUT2D eigenvalue weighted by Crippen LogP contribution is 2.39. The molecule has 2 aliphatic rings. The van der Waals surface area contributed by atoms with Crippen LogP contribution in [0.2, 0.25) is 0 Å². The smallest absolute Gasteiger partial charge is 0.230 e. The molecule has 4 nitrogen and oxygen atoms in total. The van der Waals surface area contributed by atoms with Crippen LogP contribution in [0.4, 0.5) is 0 Å². The Morgan fingerprint density at radius 1 is 1.20 bits per heavy atom. The summed E-state index contributed by atoms with van der Waals surface area (Å²) in [7, 11) is 0. The molecule has 0 aromatic carbocycles. The molecule has 0 spiro atoms. The third-order valence-electron chi connectivity index (χ3n) is 4.95. The van der Waals surface area contributed by atoms with E-state index in [9.17, 15) is 0 Å². The molecule has 112 valence electrons. The first-order valence-electron chi connectivity index (χ1n) is 8.19. The summed E-state index contributed by atoms with van der Waals surface area (Å²) in [5.41, 5.74) is 0. The van der Waals surface area contributed by atoms with E-state index in [1.54, 1.807) is 0 Å². The maximum absolute atomic E-state index is 5.74. The van der Waals surface area contributed by atoms with Crippen LogP contribution in [0, 0.1) is 17.8 Å². The lowest BCUT2D eigenvalue weighted by Crippen LogP contribution is -2.42. The largest absolute Gasteiger partial charge is 0.424 e. The van der Waals surface area contributed by atoms with Crippen molar-refractivity contribution in [2.45, 2.75) is 71.4 Å². The quantitative estimate of drug-likeness (QED) is 0.895. The molecule has 0 radical (unpaired) electrons. The molecule has 3 atom stereocenters. The highest BCUT2D eigenvalue weighted by atomic mass is 16.4. The van der Waals surface area contributed by atoms with Gasteiger partial charge in [0.15, 0.2) is 0 Å². The number of hydrogen-bond donors (Lipinski definition) is 1. The van der Waals surface area contributed by atoms with Gasteiger partial charge in [-0.05, 0) is 43.4 Å². The van der Waals surface area contributed by atoms with Crippen LogP contribution < -0.4 is 5.32 Å². The van der Waals surface area contributed by atoms with E-state index in [4.69, 9.17) is 4.42 Å². The van der Waals surface area contributed by atoms with Crippen molar-refractivity contribution >= 4 is 0 Å². The summed E-state index contributed by atoms with van der Waals surface area (Å²) in [6.45, 7) is 7.77. The third-order valence-corrected chi connectivity index (χ3v) is 4.95. The van der Waals surface area contributed by atoms with Gasteiger partial charge in [0, 0.05) is 12.0 Å². The number of nitrogens with zero attached hydrogens (tertiary/aromatic N) is 2. The minimum absolute atomic E-state index is 0.550. The fourth-order valence-electron chi connectivity index (χ4n) is 3.49. The molecule has 1 N–H and O–H groups in total. The van der Waals surface area contributed by atoms with Gasteiger partial charge in [-0.25, -0.2) is 0 Å². The molecule has 0 aliphatic heterocycles. The molecule has 2 fully saturated rings. The van der Waals surface area contributed by atoms with E-state index in [0.29, 0.717) is 12.0 Å². The Hall–Kier alpha value is -0.900. The summed E-state index contributed by atoms with van der Waals surface area (Å²) in [5.74, 6) is 4.50. The van der Waals surface area contributed by atoms with Crippen LogP contribution in [0.3, 0.4) is 0 Å². The zero-order chi connectivity index (χ0) is 14.1. The van der Waals surface area contributed by atoms with Crippen LogP contribution in [0.1, 0.15) is 70.6 Å². The van der Waals surface area contributed by atoms with Crippen LogP contribution in [0.25, 0.3) is 0 Å². The van der Waals surface area contributed by atoms with Gasteiger partial charge in [0.05, 0.1) is 6.54 Å². The lowest BCUT2D eigenvalue weighted by atomic mass is 9.74. The summed E-state index contributed by atoms with van der Waals surface area (Å²) in [4.78, 5) is 0. The topological polar surface area (TPSA) is 51.0 Å². The van der Waals surface area contributed by atoms with E-state index >= 15 is 0 Å². The average molecular weight is 277 g/mol. The van der Waals surface area contributed by atoms with E-state index in [1.165, 1.54) is 32.1 Å². The Labute approximate surface area is 121 Å². The van der Waals surface area contributed by atoms with Crippen molar-refractivity contribution in [1.29, 1.82) is 0 Å². The monoisotopic (exact) mass is 277 g/mol. The van der Waals surface area contributed by atoms with Crippen LogP contribution in [0.5, 0.6) is 0 Å². The van der Waals surface area contributed by atoms with Gasteiger partial charge in [-0.3, -0.25) is 0 Å². The van der Waals surface area contributed by atoms with Crippen LogP contribution in [0.15, 0.2) is 4.42 Å². The van der Waals surface area contributed by atoms with Gasteiger partial charge in [-0.15, -0.1) is 10.2 Å². The van der Waals surface area contributed by atoms with E-state index in [-0.39, 0.29) is 0 Å². The Morgan fingerprint density at radius 2 is 2.00 bits per heavy atom. The van der Waals surface area contributed by atoms with E-state index in [2.05, 4.69) is 36.3 Å². The molecule has 3 rings (SSSR count). The minimum Gasteiger partial charge on any atom is -0.424 e. The van der Waals surface area contributed by atoms with Gasteiger partial charge in [0.1, 0.15) is 0 Å². The maximum Gasteiger partial charge on any atom is 0.230 e. The summed E-state index contributed by atoms with van der Waals surface area (Å²) in [5, 5.41) is 12.0. The molecule has 0 unspecified atom stereocenters. The first-order valence-corrected chi connectivity index (χ1v) is 8.19. The van der Waals surface area contributed by atoms with Gasteiger partial charge in [-0.1, -0.05) is 27.2 Å².